The first-order chi connectivity index (χ1) is 7.80. The minimum atomic E-state index is -1.01. The summed E-state index contributed by atoms with van der Waals surface area (Å²) in [5.41, 5.74) is -0.647. The van der Waals surface area contributed by atoms with E-state index in [0.29, 0.717) is 12.3 Å². The minimum Gasteiger partial charge on any atom is -0.444 e. The van der Waals surface area contributed by atoms with Crippen molar-refractivity contribution >= 4 is 24.6 Å². The maximum absolute atomic E-state index is 11.5. The molecular formula is C10H20N2O4S. The second-order valence-electron chi connectivity index (χ2n) is 4.40. The highest BCUT2D eigenvalue weighted by Gasteiger charge is 2.23. The standard InChI is InChI=1S/C10H20N2O4S/c1-10(2,3)16-9(15)12-7(6-13)8(14)11-4-5-17/h7,13,17H,4-6H2,1-3H3,(H,11,14)(H,12,15)/t7-/m0/s1. The molecular weight excluding hydrogens is 244 g/mol. The summed E-state index contributed by atoms with van der Waals surface area (Å²) in [6.45, 7) is 5.01. The van der Waals surface area contributed by atoms with Crippen molar-refractivity contribution in [3.05, 3.63) is 0 Å². The Morgan fingerprint density at radius 3 is 2.41 bits per heavy atom. The van der Waals surface area contributed by atoms with Gasteiger partial charge in [0.2, 0.25) is 5.91 Å². The molecule has 0 aromatic carbocycles. The van der Waals surface area contributed by atoms with Gasteiger partial charge in [-0.25, -0.2) is 4.79 Å². The lowest BCUT2D eigenvalue weighted by Crippen LogP contribution is -2.50. The van der Waals surface area contributed by atoms with Gasteiger partial charge in [-0.15, -0.1) is 0 Å². The van der Waals surface area contributed by atoms with Crippen LogP contribution in [0.2, 0.25) is 0 Å². The number of carbonyl (C=O) groups is 2. The Labute approximate surface area is 107 Å². The van der Waals surface area contributed by atoms with Crippen molar-refractivity contribution < 1.29 is 19.4 Å². The second kappa shape index (κ2) is 7.39. The van der Waals surface area contributed by atoms with Crippen LogP contribution in [0.5, 0.6) is 0 Å². The number of alkyl carbamates (subject to hydrolysis) is 1. The molecule has 0 radical (unpaired) electrons. The van der Waals surface area contributed by atoms with Crippen LogP contribution in [0.4, 0.5) is 4.79 Å². The summed E-state index contributed by atoms with van der Waals surface area (Å²) in [4.78, 5) is 22.8. The number of aliphatic hydroxyl groups excluding tert-OH is 1. The van der Waals surface area contributed by atoms with Gasteiger partial charge in [0.15, 0.2) is 0 Å². The van der Waals surface area contributed by atoms with Crippen LogP contribution in [-0.2, 0) is 9.53 Å². The van der Waals surface area contributed by atoms with Crippen LogP contribution in [0.1, 0.15) is 20.8 Å². The SMILES string of the molecule is CC(C)(C)OC(=O)N[C@@H](CO)C(=O)NCCS. The van der Waals surface area contributed by atoms with Crippen molar-refractivity contribution in [2.75, 3.05) is 18.9 Å². The van der Waals surface area contributed by atoms with E-state index >= 15 is 0 Å². The molecule has 6 nitrogen and oxygen atoms in total. The van der Waals surface area contributed by atoms with E-state index in [4.69, 9.17) is 9.84 Å². The van der Waals surface area contributed by atoms with Crippen molar-refractivity contribution in [1.82, 2.24) is 10.6 Å². The topological polar surface area (TPSA) is 87.7 Å². The zero-order chi connectivity index (χ0) is 13.5. The Balaban J connectivity index is 4.21. The van der Waals surface area contributed by atoms with Crippen molar-refractivity contribution in [3.63, 3.8) is 0 Å². The monoisotopic (exact) mass is 264 g/mol. The van der Waals surface area contributed by atoms with E-state index in [-0.39, 0.29) is 0 Å². The molecule has 0 aliphatic carbocycles. The highest BCUT2D eigenvalue weighted by molar-refractivity contribution is 7.80. The molecule has 3 N–H and O–H groups in total. The average molecular weight is 264 g/mol. The molecule has 0 spiro atoms. The van der Waals surface area contributed by atoms with E-state index in [1.165, 1.54) is 0 Å². The smallest absolute Gasteiger partial charge is 0.408 e. The number of nitrogens with one attached hydrogen (secondary N) is 2. The van der Waals surface area contributed by atoms with Crippen LogP contribution in [0.3, 0.4) is 0 Å². The molecule has 0 heterocycles. The van der Waals surface area contributed by atoms with Crippen molar-refractivity contribution in [3.8, 4) is 0 Å². The molecule has 0 fully saturated rings. The van der Waals surface area contributed by atoms with Crippen molar-refractivity contribution in [1.29, 1.82) is 0 Å². The molecule has 1 atom stereocenters. The first kappa shape index (κ1) is 16.1. The second-order valence-corrected chi connectivity index (χ2v) is 4.84. The van der Waals surface area contributed by atoms with Gasteiger partial charge in [0, 0.05) is 12.3 Å². The van der Waals surface area contributed by atoms with Gasteiger partial charge >= 0.3 is 6.09 Å². The summed E-state index contributed by atoms with van der Waals surface area (Å²) in [6.07, 6.45) is -0.738. The number of thiol groups is 1. The number of amides is 2. The third-order valence-electron chi connectivity index (χ3n) is 1.60. The number of rotatable bonds is 5. The summed E-state index contributed by atoms with van der Waals surface area (Å²) < 4.78 is 4.97. The number of aliphatic hydroxyl groups is 1. The Kier molecular flexibility index (Phi) is 6.98. The number of carbonyl (C=O) groups excluding carboxylic acids is 2. The Morgan fingerprint density at radius 2 is 2.00 bits per heavy atom. The van der Waals surface area contributed by atoms with E-state index < -0.39 is 30.3 Å². The van der Waals surface area contributed by atoms with Crippen LogP contribution < -0.4 is 10.6 Å². The molecule has 0 aliphatic rings. The zero-order valence-electron chi connectivity index (χ0n) is 10.3. The molecule has 100 valence electrons. The quantitative estimate of drug-likeness (QED) is 0.523. The summed E-state index contributed by atoms with van der Waals surface area (Å²) in [6, 6.07) is -1.01. The molecule has 0 aliphatic heterocycles. The van der Waals surface area contributed by atoms with Gasteiger partial charge in [0.05, 0.1) is 6.61 Å². The van der Waals surface area contributed by atoms with Crippen molar-refractivity contribution in [2.24, 2.45) is 0 Å². The largest absolute Gasteiger partial charge is 0.444 e. The molecule has 0 aromatic heterocycles. The summed E-state index contributed by atoms with van der Waals surface area (Å²) in [5.74, 6) is 0.0171. The van der Waals surface area contributed by atoms with E-state index in [9.17, 15) is 9.59 Å². The molecule has 0 rings (SSSR count). The van der Waals surface area contributed by atoms with Crippen LogP contribution in [-0.4, -0.2) is 47.7 Å². The maximum Gasteiger partial charge on any atom is 0.408 e. The third-order valence-corrected chi connectivity index (χ3v) is 1.82. The first-order valence-corrected chi connectivity index (χ1v) is 5.92. The van der Waals surface area contributed by atoms with E-state index in [1.807, 2.05) is 0 Å². The predicted octanol–water partition coefficient (Wildman–Crippen LogP) is -0.0820. The summed E-state index contributed by atoms with van der Waals surface area (Å²) in [5, 5.41) is 13.8. The van der Waals surface area contributed by atoms with E-state index in [2.05, 4.69) is 23.3 Å². The van der Waals surface area contributed by atoms with Gasteiger partial charge in [-0.2, -0.15) is 12.6 Å². The summed E-state index contributed by atoms with van der Waals surface area (Å²) >= 11 is 3.93. The van der Waals surface area contributed by atoms with Gasteiger partial charge in [0.25, 0.3) is 0 Å². The summed E-state index contributed by atoms with van der Waals surface area (Å²) in [7, 11) is 0. The first-order valence-electron chi connectivity index (χ1n) is 5.29. The molecule has 0 bridgehead atoms. The fraction of sp³-hybridized carbons (Fsp3) is 0.800. The van der Waals surface area contributed by atoms with E-state index in [0.717, 1.165) is 0 Å². The maximum atomic E-state index is 11.5. The normalized spacial score (nSPS) is 12.8. The van der Waals surface area contributed by atoms with E-state index in [1.54, 1.807) is 20.8 Å². The highest BCUT2D eigenvalue weighted by Crippen LogP contribution is 2.06. The van der Waals surface area contributed by atoms with Crippen LogP contribution in [0, 0.1) is 0 Å². The van der Waals surface area contributed by atoms with Crippen LogP contribution >= 0.6 is 12.6 Å². The minimum absolute atomic E-state index is 0.369. The number of hydrogen-bond donors (Lipinski definition) is 4. The number of ether oxygens (including phenoxy) is 1. The molecule has 7 heteroatoms. The molecule has 0 saturated carbocycles. The van der Waals surface area contributed by atoms with Crippen LogP contribution in [0.25, 0.3) is 0 Å². The molecule has 2 amide bonds. The van der Waals surface area contributed by atoms with Gasteiger partial charge in [-0.05, 0) is 20.8 Å². The lowest BCUT2D eigenvalue weighted by atomic mass is 10.2. The lowest BCUT2D eigenvalue weighted by Gasteiger charge is -2.22. The van der Waals surface area contributed by atoms with Crippen LogP contribution in [0.15, 0.2) is 0 Å². The zero-order valence-corrected chi connectivity index (χ0v) is 11.2. The fourth-order valence-electron chi connectivity index (χ4n) is 0.946. The molecule has 0 unspecified atom stereocenters. The Hall–Kier alpha value is -0.950. The van der Waals surface area contributed by atoms with Gasteiger partial charge in [-0.1, -0.05) is 0 Å². The molecule has 0 aromatic rings. The van der Waals surface area contributed by atoms with Crippen molar-refractivity contribution in [2.45, 2.75) is 32.4 Å². The van der Waals surface area contributed by atoms with Gasteiger partial charge < -0.3 is 20.5 Å². The number of hydrogen-bond acceptors (Lipinski definition) is 5. The molecule has 0 saturated heterocycles. The predicted molar refractivity (Wildman–Crippen MR) is 67.1 cm³/mol. The van der Waals surface area contributed by atoms with Gasteiger partial charge in [0.1, 0.15) is 11.6 Å². The fourth-order valence-corrected chi connectivity index (χ4v) is 1.06. The highest BCUT2D eigenvalue weighted by atomic mass is 32.1. The molecule has 17 heavy (non-hydrogen) atoms. The average Bonchev–Trinajstić information content (AvgIpc) is 2.19. The Morgan fingerprint density at radius 1 is 1.41 bits per heavy atom. The lowest BCUT2D eigenvalue weighted by molar-refractivity contribution is -0.124. The Bertz CT molecular complexity index is 266. The van der Waals surface area contributed by atoms with Gasteiger partial charge in [-0.3, -0.25) is 4.79 Å². The third kappa shape index (κ3) is 7.87.